The zero-order chi connectivity index (χ0) is 28.3. The molecule has 43 heavy (non-hydrogen) atoms. The minimum Gasteiger partial charge on any atom is -0.456 e. The zero-order valence-corrected chi connectivity index (χ0v) is 23.4. The maximum absolute atomic E-state index is 6.34. The van der Waals surface area contributed by atoms with Crippen molar-refractivity contribution in [3.63, 3.8) is 0 Å². The lowest BCUT2D eigenvalue weighted by Crippen LogP contribution is -1.91. The van der Waals surface area contributed by atoms with Gasteiger partial charge in [-0.15, -0.1) is 0 Å². The number of fused-ring (bicyclic) bond motifs is 6. The van der Waals surface area contributed by atoms with Crippen LogP contribution >= 0.6 is 0 Å². The molecule has 0 spiro atoms. The lowest BCUT2D eigenvalue weighted by atomic mass is 9.85. The van der Waals surface area contributed by atoms with Gasteiger partial charge in [0.25, 0.3) is 0 Å². The van der Waals surface area contributed by atoms with Gasteiger partial charge in [0.05, 0.1) is 0 Å². The van der Waals surface area contributed by atoms with Crippen LogP contribution in [0.2, 0.25) is 0 Å². The molecule has 9 rings (SSSR count). The van der Waals surface area contributed by atoms with E-state index in [-0.39, 0.29) is 0 Å². The molecule has 8 aromatic carbocycles. The first-order chi connectivity index (χ1) is 21.3. The Hall–Kier alpha value is -5.66. The highest BCUT2D eigenvalue weighted by atomic mass is 16.3. The van der Waals surface area contributed by atoms with E-state index in [0.29, 0.717) is 0 Å². The summed E-state index contributed by atoms with van der Waals surface area (Å²) in [5, 5.41) is 9.73. The van der Waals surface area contributed by atoms with Crippen LogP contribution in [0, 0.1) is 0 Å². The Labute approximate surface area is 249 Å². The lowest BCUT2D eigenvalue weighted by molar-refractivity contribution is 0.669. The molecule has 1 nitrogen and oxygen atoms in total. The van der Waals surface area contributed by atoms with Crippen LogP contribution in [0.15, 0.2) is 162 Å². The van der Waals surface area contributed by atoms with Crippen molar-refractivity contribution < 1.29 is 4.42 Å². The van der Waals surface area contributed by atoms with Crippen LogP contribution in [0.25, 0.3) is 87.6 Å². The molecule has 0 saturated carbocycles. The molecule has 0 N–H and O–H groups in total. The van der Waals surface area contributed by atoms with Gasteiger partial charge >= 0.3 is 0 Å². The third-order valence-corrected chi connectivity index (χ3v) is 8.84. The van der Waals surface area contributed by atoms with Crippen LogP contribution in [0.5, 0.6) is 0 Å². The molecule has 200 valence electrons. The third-order valence-electron chi connectivity index (χ3n) is 8.84. The molecule has 0 unspecified atom stereocenters. The monoisotopic (exact) mass is 546 g/mol. The quantitative estimate of drug-likeness (QED) is 0.201. The minimum atomic E-state index is 0.915. The van der Waals surface area contributed by atoms with Crippen molar-refractivity contribution >= 4 is 54.3 Å². The van der Waals surface area contributed by atoms with E-state index in [4.69, 9.17) is 4.42 Å². The molecule has 0 fully saturated rings. The standard InChI is InChI=1S/C42H26O/c1-2-10-27(11-3-1)28-18-20-29(21-19-28)41-33-14-6-8-16-35(33)42(36-17-9-7-15-34(36)41)32-22-23-39-37(25-32)38-24-30-12-4-5-13-31(30)26-40(38)43-39/h1-26H. The Morgan fingerprint density at radius 1 is 0.279 bits per heavy atom. The third kappa shape index (κ3) is 3.79. The summed E-state index contributed by atoms with van der Waals surface area (Å²) in [4.78, 5) is 0. The zero-order valence-electron chi connectivity index (χ0n) is 23.4. The average Bonchev–Trinajstić information content (AvgIpc) is 3.43. The number of hydrogen-bond acceptors (Lipinski definition) is 1. The summed E-state index contributed by atoms with van der Waals surface area (Å²) in [6.07, 6.45) is 0. The second-order valence-electron chi connectivity index (χ2n) is 11.3. The smallest absolute Gasteiger partial charge is 0.136 e. The summed E-state index contributed by atoms with van der Waals surface area (Å²) in [7, 11) is 0. The number of furan rings is 1. The molecule has 1 aromatic heterocycles. The van der Waals surface area contributed by atoms with Gasteiger partial charge in [0.2, 0.25) is 0 Å². The Morgan fingerprint density at radius 3 is 1.40 bits per heavy atom. The molecule has 9 aromatic rings. The van der Waals surface area contributed by atoms with Crippen LogP contribution in [-0.4, -0.2) is 0 Å². The van der Waals surface area contributed by atoms with Crippen molar-refractivity contribution in [1.82, 2.24) is 0 Å². The lowest BCUT2D eigenvalue weighted by Gasteiger charge is -2.18. The largest absolute Gasteiger partial charge is 0.456 e. The van der Waals surface area contributed by atoms with Gasteiger partial charge in [-0.05, 0) is 90.0 Å². The summed E-state index contributed by atoms with van der Waals surface area (Å²) in [6, 6.07) is 56.8. The predicted molar refractivity (Wildman–Crippen MR) is 183 cm³/mol. The van der Waals surface area contributed by atoms with Gasteiger partial charge in [-0.2, -0.15) is 0 Å². The maximum Gasteiger partial charge on any atom is 0.136 e. The summed E-state index contributed by atoms with van der Waals surface area (Å²) in [5.74, 6) is 0. The molecule has 0 amide bonds. The highest BCUT2D eigenvalue weighted by Crippen LogP contribution is 2.45. The van der Waals surface area contributed by atoms with Crippen molar-refractivity contribution in [1.29, 1.82) is 0 Å². The SMILES string of the molecule is c1ccc(-c2ccc(-c3c4ccccc4c(-c4ccc5oc6cc7ccccc7cc6c5c4)c4ccccc34)cc2)cc1. The van der Waals surface area contributed by atoms with Gasteiger partial charge < -0.3 is 4.42 Å². The van der Waals surface area contributed by atoms with Crippen molar-refractivity contribution in [2.75, 3.05) is 0 Å². The summed E-state index contributed by atoms with van der Waals surface area (Å²) >= 11 is 0. The molecule has 1 heteroatoms. The van der Waals surface area contributed by atoms with Crippen molar-refractivity contribution in [3.05, 3.63) is 158 Å². The van der Waals surface area contributed by atoms with Crippen molar-refractivity contribution in [2.45, 2.75) is 0 Å². The summed E-state index contributed by atoms with van der Waals surface area (Å²) < 4.78 is 6.34. The molecule has 0 radical (unpaired) electrons. The fourth-order valence-electron chi connectivity index (χ4n) is 6.83. The van der Waals surface area contributed by atoms with E-state index in [0.717, 1.165) is 21.9 Å². The normalized spacial score (nSPS) is 11.7. The van der Waals surface area contributed by atoms with E-state index in [1.54, 1.807) is 0 Å². The number of hydrogen-bond donors (Lipinski definition) is 0. The van der Waals surface area contributed by atoms with Crippen molar-refractivity contribution in [2.24, 2.45) is 0 Å². The van der Waals surface area contributed by atoms with Crippen LogP contribution in [0.4, 0.5) is 0 Å². The molecule has 0 saturated heterocycles. The first kappa shape index (κ1) is 24.0. The second-order valence-corrected chi connectivity index (χ2v) is 11.3. The number of benzene rings is 8. The Kier molecular flexibility index (Phi) is 5.27. The van der Waals surface area contributed by atoms with Crippen LogP contribution in [-0.2, 0) is 0 Å². The van der Waals surface area contributed by atoms with Gasteiger partial charge in [0, 0.05) is 10.8 Å². The molecular weight excluding hydrogens is 520 g/mol. The van der Waals surface area contributed by atoms with Crippen LogP contribution in [0.3, 0.4) is 0 Å². The molecule has 0 aliphatic heterocycles. The highest BCUT2D eigenvalue weighted by Gasteiger charge is 2.18. The van der Waals surface area contributed by atoms with Gasteiger partial charge in [0.15, 0.2) is 0 Å². The molecule has 1 heterocycles. The topological polar surface area (TPSA) is 13.1 Å². The fourth-order valence-corrected chi connectivity index (χ4v) is 6.83. The highest BCUT2D eigenvalue weighted by molar-refractivity contribution is 6.22. The van der Waals surface area contributed by atoms with E-state index >= 15 is 0 Å². The maximum atomic E-state index is 6.34. The minimum absolute atomic E-state index is 0.915. The van der Waals surface area contributed by atoms with E-state index in [9.17, 15) is 0 Å². The Balaban J connectivity index is 1.29. The second kappa shape index (κ2) is 9.44. The van der Waals surface area contributed by atoms with Gasteiger partial charge in [-0.25, -0.2) is 0 Å². The molecule has 0 aliphatic carbocycles. The van der Waals surface area contributed by atoms with Gasteiger partial charge in [-0.1, -0.05) is 133 Å². The predicted octanol–water partition coefficient (Wildman–Crippen LogP) is 12.0. The van der Waals surface area contributed by atoms with E-state index < -0.39 is 0 Å². The van der Waals surface area contributed by atoms with E-state index in [1.807, 2.05) is 0 Å². The summed E-state index contributed by atoms with van der Waals surface area (Å²) in [5.41, 5.74) is 9.25. The van der Waals surface area contributed by atoms with E-state index in [2.05, 4.69) is 158 Å². The van der Waals surface area contributed by atoms with Crippen LogP contribution in [0.1, 0.15) is 0 Å². The van der Waals surface area contributed by atoms with Crippen LogP contribution < -0.4 is 0 Å². The van der Waals surface area contributed by atoms with Gasteiger partial charge in [0.1, 0.15) is 11.2 Å². The fraction of sp³-hybridized carbons (Fsp3) is 0. The first-order valence-electron chi connectivity index (χ1n) is 14.8. The van der Waals surface area contributed by atoms with Crippen molar-refractivity contribution in [3.8, 4) is 33.4 Å². The Morgan fingerprint density at radius 2 is 0.744 bits per heavy atom. The molecule has 0 atom stereocenters. The number of rotatable bonds is 3. The van der Waals surface area contributed by atoms with Gasteiger partial charge in [-0.3, -0.25) is 0 Å². The molecular formula is C42H26O. The average molecular weight is 547 g/mol. The molecule has 0 bridgehead atoms. The first-order valence-corrected chi connectivity index (χ1v) is 14.8. The Bertz CT molecular complexity index is 2420. The summed E-state index contributed by atoms with van der Waals surface area (Å²) in [6.45, 7) is 0. The molecule has 0 aliphatic rings. The van der Waals surface area contributed by atoms with E-state index in [1.165, 1.54) is 65.7 Å².